The first kappa shape index (κ1) is 23.8. The summed E-state index contributed by atoms with van der Waals surface area (Å²) in [5.41, 5.74) is 4.18. The monoisotopic (exact) mass is 496 g/mol. The van der Waals surface area contributed by atoms with Crippen LogP contribution >= 0.6 is 23.7 Å². The number of thiazole rings is 1. The lowest BCUT2D eigenvalue weighted by Gasteiger charge is -2.18. The zero-order valence-corrected chi connectivity index (χ0v) is 20.6. The first-order chi connectivity index (χ1) is 16.1. The van der Waals surface area contributed by atoms with E-state index in [1.807, 2.05) is 29.0 Å². The average Bonchev–Trinajstić information content (AvgIpc) is 3.58. The predicted octanol–water partition coefficient (Wildman–Crippen LogP) is 5.40. The van der Waals surface area contributed by atoms with E-state index in [-0.39, 0.29) is 25.1 Å². The molecule has 0 saturated carbocycles. The minimum Gasteiger partial charge on any atom is -0.454 e. The molecular formula is C25H25ClN4O3S. The number of fused-ring (bicyclic) bond motifs is 2. The smallest absolute Gasteiger partial charge is 0.252 e. The van der Waals surface area contributed by atoms with Gasteiger partial charge in [-0.05, 0) is 61.2 Å². The van der Waals surface area contributed by atoms with E-state index < -0.39 is 0 Å². The Balaban J connectivity index is 0.00000274. The maximum atomic E-state index is 13.3. The summed E-state index contributed by atoms with van der Waals surface area (Å²) < 4.78 is 13.9. The first-order valence-corrected chi connectivity index (χ1v) is 11.6. The second kappa shape index (κ2) is 10.3. The summed E-state index contributed by atoms with van der Waals surface area (Å²) in [4.78, 5) is 24.0. The molecule has 1 aliphatic heterocycles. The van der Waals surface area contributed by atoms with Gasteiger partial charge >= 0.3 is 0 Å². The van der Waals surface area contributed by atoms with Gasteiger partial charge in [-0.1, -0.05) is 23.5 Å². The fourth-order valence-corrected chi connectivity index (χ4v) is 4.79. The van der Waals surface area contributed by atoms with E-state index in [1.165, 1.54) is 5.56 Å². The molecule has 34 heavy (non-hydrogen) atoms. The zero-order valence-electron chi connectivity index (χ0n) is 18.9. The quantitative estimate of drug-likeness (QED) is 0.320. The number of ether oxygens (including phenoxy) is 2. The van der Waals surface area contributed by atoms with E-state index in [2.05, 4.69) is 31.0 Å². The summed E-state index contributed by atoms with van der Waals surface area (Å²) in [6.45, 7) is 5.71. The van der Waals surface area contributed by atoms with Gasteiger partial charge in [0, 0.05) is 31.6 Å². The molecule has 2 aromatic heterocycles. The number of hydrogen-bond acceptors (Lipinski definition) is 6. The highest BCUT2D eigenvalue weighted by atomic mass is 35.5. The van der Waals surface area contributed by atoms with Gasteiger partial charge in [-0.2, -0.15) is 0 Å². The zero-order chi connectivity index (χ0) is 22.8. The van der Waals surface area contributed by atoms with Gasteiger partial charge in [-0.3, -0.25) is 9.69 Å². The van der Waals surface area contributed by atoms with Gasteiger partial charge in [0.05, 0.1) is 16.5 Å². The van der Waals surface area contributed by atoms with E-state index in [1.54, 1.807) is 40.9 Å². The van der Waals surface area contributed by atoms with Crippen LogP contribution in [0.5, 0.6) is 11.5 Å². The number of nitrogens with zero attached hydrogens (tertiary/aromatic N) is 4. The van der Waals surface area contributed by atoms with Crippen molar-refractivity contribution in [2.45, 2.75) is 26.8 Å². The molecular weight excluding hydrogens is 472 g/mol. The lowest BCUT2D eigenvalue weighted by atomic mass is 10.1. The van der Waals surface area contributed by atoms with Crippen molar-refractivity contribution in [1.82, 2.24) is 14.5 Å². The minimum atomic E-state index is -0.105. The number of imidazole rings is 1. The number of carbonyl (C=O) groups is 1. The molecule has 5 rings (SSSR count). The maximum Gasteiger partial charge on any atom is 0.252 e. The van der Waals surface area contributed by atoms with Crippen molar-refractivity contribution in [2.24, 2.45) is 0 Å². The normalized spacial score (nSPS) is 12.3. The molecule has 176 valence electrons. The molecule has 0 saturated heterocycles. The Morgan fingerprint density at radius 2 is 2.06 bits per heavy atom. The number of carbonyl (C=O) groups excluding carboxylic acids is 1. The molecule has 4 aromatic rings. The topological polar surface area (TPSA) is 69.5 Å². The van der Waals surface area contributed by atoms with Crippen LogP contribution in [-0.4, -0.2) is 33.8 Å². The molecule has 3 heterocycles. The molecule has 0 bridgehead atoms. The van der Waals surface area contributed by atoms with Crippen LogP contribution in [0.4, 0.5) is 5.13 Å². The van der Waals surface area contributed by atoms with Gasteiger partial charge in [-0.15, -0.1) is 12.4 Å². The van der Waals surface area contributed by atoms with Gasteiger partial charge in [0.2, 0.25) is 6.79 Å². The molecule has 1 aliphatic rings. The van der Waals surface area contributed by atoms with Gasteiger partial charge in [0.15, 0.2) is 16.6 Å². The van der Waals surface area contributed by atoms with E-state index in [0.29, 0.717) is 17.4 Å². The SMILES string of the molecule is Cc1ccc2sc(N(CCCn3ccnc3)C(=O)/C=C/c3ccc4c(c3)OCO4)nc2c1C.Cl. The molecule has 0 aliphatic carbocycles. The molecule has 0 atom stereocenters. The van der Waals surface area contributed by atoms with Crippen molar-refractivity contribution in [2.75, 3.05) is 18.2 Å². The molecule has 0 unspecified atom stereocenters. The Morgan fingerprint density at radius 3 is 2.88 bits per heavy atom. The Hall–Kier alpha value is -3.36. The summed E-state index contributed by atoms with van der Waals surface area (Å²) >= 11 is 1.55. The van der Waals surface area contributed by atoms with Crippen molar-refractivity contribution < 1.29 is 14.3 Å². The number of halogens is 1. The first-order valence-electron chi connectivity index (χ1n) is 10.8. The van der Waals surface area contributed by atoms with Crippen LogP contribution in [0.2, 0.25) is 0 Å². The van der Waals surface area contributed by atoms with Crippen LogP contribution in [0, 0.1) is 13.8 Å². The van der Waals surface area contributed by atoms with Crippen molar-refractivity contribution in [1.29, 1.82) is 0 Å². The van der Waals surface area contributed by atoms with E-state index in [9.17, 15) is 4.79 Å². The molecule has 0 N–H and O–H groups in total. The van der Waals surface area contributed by atoms with Crippen LogP contribution in [0.25, 0.3) is 16.3 Å². The molecule has 0 radical (unpaired) electrons. The number of benzene rings is 2. The third kappa shape index (κ3) is 4.93. The maximum absolute atomic E-state index is 13.3. The Kier molecular flexibility index (Phi) is 7.19. The van der Waals surface area contributed by atoms with Gasteiger partial charge < -0.3 is 14.0 Å². The Morgan fingerprint density at radius 1 is 1.21 bits per heavy atom. The van der Waals surface area contributed by atoms with Crippen LogP contribution in [0.15, 0.2) is 55.1 Å². The minimum absolute atomic E-state index is 0. The third-order valence-corrected chi connectivity index (χ3v) is 6.79. The molecule has 7 nitrogen and oxygen atoms in total. The lowest BCUT2D eigenvalue weighted by Crippen LogP contribution is -2.30. The summed E-state index contributed by atoms with van der Waals surface area (Å²) in [7, 11) is 0. The van der Waals surface area contributed by atoms with Crippen molar-refractivity contribution in [3.05, 3.63) is 71.8 Å². The van der Waals surface area contributed by atoms with Crippen LogP contribution in [0.1, 0.15) is 23.1 Å². The summed E-state index contributed by atoms with van der Waals surface area (Å²) in [6, 6.07) is 9.82. The predicted molar refractivity (Wildman–Crippen MR) is 137 cm³/mol. The van der Waals surface area contributed by atoms with Crippen LogP contribution in [-0.2, 0) is 11.3 Å². The van der Waals surface area contributed by atoms with Crippen LogP contribution < -0.4 is 14.4 Å². The second-order valence-electron chi connectivity index (χ2n) is 7.94. The molecule has 2 aromatic carbocycles. The number of rotatable bonds is 7. The Labute approximate surface area is 208 Å². The summed E-state index contributed by atoms with van der Waals surface area (Å²) in [5, 5.41) is 0.713. The number of aryl methyl sites for hydroxylation is 3. The van der Waals surface area contributed by atoms with Gasteiger partial charge in [0.25, 0.3) is 5.91 Å². The second-order valence-corrected chi connectivity index (χ2v) is 8.95. The highest BCUT2D eigenvalue weighted by Crippen LogP contribution is 2.34. The molecule has 1 amide bonds. The summed E-state index contributed by atoms with van der Waals surface area (Å²) in [6.07, 6.45) is 9.66. The molecule has 0 fully saturated rings. The average molecular weight is 497 g/mol. The number of aromatic nitrogens is 3. The number of amides is 1. The number of anilines is 1. The summed E-state index contributed by atoms with van der Waals surface area (Å²) in [5.74, 6) is 1.31. The molecule has 9 heteroatoms. The van der Waals surface area contributed by atoms with E-state index in [4.69, 9.17) is 14.5 Å². The molecule has 0 spiro atoms. The Bertz CT molecular complexity index is 1330. The van der Waals surface area contributed by atoms with Gasteiger partial charge in [0.1, 0.15) is 0 Å². The largest absolute Gasteiger partial charge is 0.454 e. The fourth-order valence-electron chi connectivity index (χ4n) is 3.73. The van der Waals surface area contributed by atoms with Crippen molar-refractivity contribution in [3.63, 3.8) is 0 Å². The van der Waals surface area contributed by atoms with E-state index in [0.717, 1.165) is 40.1 Å². The van der Waals surface area contributed by atoms with Crippen molar-refractivity contribution >= 4 is 51.1 Å². The number of hydrogen-bond donors (Lipinski definition) is 0. The lowest BCUT2D eigenvalue weighted by molar-refractivity contribution is -0.114. The fraction of sp³-hybridized carbons (Fsp3) is 0.240. The third-order valence-electron chi connectivity index (χ3n) is 5.74. The van der Waals surface area contributed by atoms with E-state index >= 15 is 0 Å². The highest BCUT2D eigenvalue weighted by Gasteiger charge is 2.19. The van der Waals surface area contributed by atoms with Crippen LogP contribution in [0.3, 0.4) is 0 Å². The van der Waals surface area contributed by atoms with Crippen molar-refractivity contribution in [3.8, 4) is 11.5 Å². The highest BCUT2D eigenvalue weighted by molar-refractivity contribution is 7.22. The van der Waals surface area contributed by atoms with Gasteiger partial charge in [-0.25, -0.2) is 9.97 Å². The standard InChI is InChI=1S/C25H24N4O3S.ClH/c1-17-4-8-22-24(18(17)2)27-25(33-22)29(12-3-11-28-13-10-26-15-28)23(30)9-6-19-5-7-20-21(14-19)32-16-31-20;/h4-10,13-15H,3,11-12,16H2,1-2H3;1H/b9-6+;.